The van der Waals surface area contributed by atoms with Crippen LogP contribution in [0, 0.1) is 0 Å². The molecular formula is C15H10ClN3O3S. The van der Waals surface area contributed by atoms with Crippen LogP contribution in [0.25, 0.3) is 11.3 Å². The summed E-state index contributed by atoms with van der Waals surface area (Å²) in [5, 5.41) is -0.0479. The molecule has 6 nitrogen and oxygen atoms in total. The lowest BCUT2D eigenvalue weighted by Gasteiger charge is -2.10. The smallest absolute Gasteiger partial charge is 0.271 e. The average molecular weight is 348 g/mol. The molecule has 0 fully saturated rings. The van der Waals surface area contributed by atoms with Crippen LogP contribution in [-0.4, -0.2) is 28.6 Å². The summed E-state index contributed by atoms with van der Waals surface area (Å²) in [6.07, 6.45) is 4.11. The second kappa shape index (κ2) is 5.94. The number of hydrogen-bond donors (Lipinski definition) is 0. The second-order valence-electron chi connectivity index (χ2n) is 4.63. The minimum absolute atomic E-state index is 0.0479. The summed E-state index contributed by atoms with van der Waals surface area (Å²) in [7, 11) is -3.95. The number of aromatic nitrogens is 3. The summed E-state index contributed by atoms with van der Waals surface area (Å²) in [5.74, 6) is 0. The SMILES string of the molecule is O=Cc1cc(-c2ccccc2)n(S(=O)(=O)c2cnc(Cl)nc2)c1. The molecule has 0 unspecified atom stereocenters. The molecule has 116 valence electrons. The first kappa shape index (κ1) is 15.4. The Kier molecular flexibility index (Phi) is 3.97. The Morgan fingerprint density at radius 3 is 2.35 bits per heavy atom. The summed E-state index contributed by atoms with van der Waals surface area (Å²) >= 11 is 5.59. The topological polar surface area (TPSA) is 81.9 Å². The maximum absolute atomic E-state index is 12.8. The Balaban J connectivity index is 2.21. The van der Waals surface area contributed by atoms with E-state index in [4.69, 9.17) is 11.6 Å². The highest BCUT2D eigenvalue weighted by molar-refractivity contribution is 7.90. The van der Waals surface area contributed by atoms with E-state index in [-0.39, 0.29) is 15.7 Å². The first-order valence-corrected chi connectivity index (χ1v) is 8.30. The maximum Gasteiger partial charge on any atom is 0.271 e. The number of rotatable bonds is 4. The molecule has 0 N–H and O–H groups in total. The number of carbonyl (C=O) groups excluding carboxylic acids is 1. The molecule has 1 aromatic carbocycles. The van der Waals surface area contributed by atoms with Gasteiger partial charge in [0.2, 0.25) is 5.28 Å². The number of halogens is 1. The molecule has 0 atom stereocenters. The van der Waals surface area contributed by atoms with E-state index in [0.29, 0.717) is 17.5 Å². The summed E-state index contributed by atoms with van der Waals surface area (Å²) < 4.78 is 26.6. The van der Waals surface area contributed by atoms with Gasteiger partial charge in [-0.2, -0.15) is 0 Å². The van der Waals surface area contributed by atoms with Gasteiger partial charge in [-0.15, -0.1) is 0 Å². The van der Waals surface area contributed by atoms with Crippen LogP contribution >= 0.6 is 11.6 Å². The third-order valence-corrected chi connectivity index (χ3v) is 4.99. The lowest BCUT2D eigenvalue weighted by atomic mass is 10.1. The lowest BCUT2D eigenvalue weighted by molar-refractivity contribution is 0.112. The highest BCUT2D eigenvalue weighted by atomic mass is 35.5. The standard InChI is InChI=1S/C15H10ClN3O3S/c16-15-17-7-13(8-18-15)23(21,22)19-9-11(10-20)6-14(19)12-4-2-1-3-5-12/h1-10H. The molecule has 0 bridgehead atoms. The Morgan fingerprint density at radius 2 is 1.74 bits per heavy atom. The van der Waals surface area contributed by atoms with Gasteiger partial charge >= 0.3 is 0 Å². The Bertz CT molecular complexity index is 951. The fraction of sp³-hybridized carbons (Fsp3) is 0. The largest absolute Gasteiger partial charge is 0.298 e. The summed E-state index contributed by atoms with van der Waals surface area (Å²) in [5.41, 5.74) is 1.30. The summed E-state index contributed by atoms with van der Waals surface area (Å²) in [6.45, 7) is 0. The predicted octanol–water partition coefficient (Wildman–Crippen LogP) is 2.65. The van der Waals surface area contributed by atoms with Crippen LogP contribution in [0.2, 0.25) is 5.28 Å². The molecule has 0 radical (unpaired) electrons. The normalized spacial score (nSPS) is 11.3. The number of benzene rings is 1. The fourth-order valence-electron chi connectivity index (χ4n) is 2.09. The number of carbonyl (C=O) groups is 1. The fourth-order valence-corrected chi connectivity index (χ4v) is 3.47. The van der Waals surface area contributed by atoms with Gasteiger partial charge in [0, 0.05) is 11.8 Å². The van der Waals surface area contributed by atoms with Crippen molar-refractivity contribution < 1.29 is 13.2 Å². The van der Waals surface area contributed by atoms with Crippen molar-refractivity contribution in [2.75, 3.05) is 0 Å². The molecule has 2 aromatic heterocycles. The van der Waals surface area contributed by atoms with Gasteiger partial charge < -0.3 is 0 Å². The zero-order valence-electron chi connectivity index (χ0n) is 11.6. The van der Waals surface area contributed by atoms with Crippen molar-refractivity contribution in [1.29, 1.82) is 0 Å². The van der Waals surface area contributed by atoms with E-state index < -0.39 is 10.0 Å². The molecule has 23 heavy (non-hydrogen) atoms. The first-order chi connectivity index (χ1) is 11.0. The van der Waals surface area contributed by atoms with Crippen LogP contribution < -0.4 is 0 Å². The van der Waals surface area contributed by atoms with Crippen molar-refractivity contribution in [3.8, 4) is 11.3 Å². The van der Waals surface area contributed by atoms with Gasteiger partial charge in [-0.1, -0.05) is 30.3 Å². The summed E-state index contributed by atoms with van der Waals surface area (Å²) in [4.78, 5) is 18.3. The molecule has 0 aliphatic rings. The minimum atomic E-state index is -3.95. The molecule has 2 heterocycles. The van der Waals surface area contributed by atoms with Crippen molar-refractivity contribution >= 4 is 27.9 Å². The second-order valence-corrected chi connectivity index (χ2v) is 6.78. The molecule has 0 aliphatic carbocycles. The highest BCUT2D eigenvalue weighted by Gasteiger charge is 2.22. The van der Waals surface area contributed by atoms with Gasteiger partial charge in [0.1, 0.15) is 4.90 Å². The van der Waals surface area contributed by atoms with Gasteiger partial charge in [0.15, 0.2) is 6.29 Å². The van der Waals surface area contributed by atoms with E-state index in [1.54, 1.807) is 24.3 Å². The van der Waals surface area contributed by atoms with Crippen LogP contribution in [0.1, 0.15) is 10.4 Å². The Morgan fingerprint density at radius 1 is 1.09 bits per heavy atom. The highest BCUT2D eigenvalue weighted by Crippen LogP contribution is 2.26. The number of nitrogens with zero attached hydrogens (tertiary/aromatic N) is 3. The van der Waals surface area contributed by atoms with Crippen molar-refractivity contribution in [2.45, 2.75) is 4.90 Å². The van der Waals surface area contributed by atoms with Crippen LogP contribution in [0.15, 0.2) is 59.9 Å². The van der Waals surface area contributed by atoms with Gasteiger partial charge in [-0.3, -0.25) is 4.79 Å². The van der Waals surface area contributed by atoms with E-state index in [1.807, 2.05) is 6.07 Å². The third-order valence-electron chi connectivity index (χ3n) is 3.17. The summed E-state index contributed by atoms with van der Waals surface area (Å²) in [6, 6.07) is 10.4. The van der Waals surface area contributed by atoms with E-state index in [1.165, 1.54) is 12.3 Å². The number of hydrogen-bond acceptors (Lipinski definition) is 5. The number of aldehydes is 1. The molecule has 0 saturated heterocycles. The van der Waals surface area contributed by atoms with Crippen molar-refractivity contribution in [3.63, 3.8) is 0 Å². The van der Waals surface area contributed by atoms with E-state index in [0.717, 1.165) is 16.4 Å². The van der Waals surface area contributed by atoms with Crippen molar-refractivity contribution in [3.05, 3.63) is 65.8 Å². The average Bonchev–Trinajstić information content (AvgIpc) is 3.01. The Hall–Kier alpha value is -2.51. The molecule has 3 rings (SSSR count). The monoisotopic (exact) mass is 347 g/mol. The van der Waals surface area contributed by atoms with Crippen molar-refractivity contribution in [2.24, 2.45) is 0 Å². The van der Waals surface area contributed by atoms with Crippen LogP contribution in [0.4, 0.5) is 0 Å². The van der Waals surface area contributed by atoms with Gasteiger partial charge in [-0.25, -0.2) is 22.4 Å². The molecule has 0 spiro atoms. The minimum Gasteiger partial charge on any atom is -0.298 e. The van der Waals surface area contributed by atoms with Gasteiger partial charge in [0.05, 0.1) is 18.1 Å². The zero-order chi connectivity index (χ0) is 16.4. The van der Waals surface area contributed by atoms with Crippen LogP contribution in [0.5, 0.6) is 0 Å². The lowest BCUT2D eigenvalue weighted by Crippen LogP contribution is -2.14. The quantitative estimate of drug-likeness (QED) is 0.535. The van der Waals surface area contributed by atoms with E-state index >= 15 is 0 Å². The van der Waals surface area contributed by atoms with Gasteiger partial charge in [-0.05, 0) is 23.2 Å². The molecule has 0 aliphatic heterocycles. The van der Waals surface area contributed by atoms with Crippen LogP contribution in [0.3, 0.4) is 0 Å². The van der Waals surface area contributed by atoms with E-state index in [9.17, 15) is 13.2 Å². The van der Waals surface area contributed by atoms with Gasteiger partial charge in [0.25, 0.3) is 10.0 Å². The zero-order valence-corrected chi connectivity index (χ0v) is 13.2. The van der Waals surface area contributed by atoms with Crippen molar-refractivity contribution in [1.82, 2.24) is 13.9 Å². The Labute approximate surface area is 137 Å². The molecule has 0 saturated carbocycles. The predicted molar refractivity (Wildman–Crippen MR) is 84.9 cm³/mol. The molecule has 3 aromatic rings. The maximum atomic E-state index is 12.8. The first-order valence-electron chi connectivity index (χ1n) is 6.48. The third kappa shape index (κ3) is 2.88. The van der Waals surface area contributed by atoms with E-state index in [2.05, 4.69) is 9.97 Å². The molecular weight excluding hydrogens is 338 g/mol. The molecule has 0 amide bonds. The molecule has 8 heteroatoms. The van der Waals surface area contributed by atoms with Crippen LogP contribution in [-0.2, 0) is 10.0 Å².